The van der Waals surface area contributed by atoms with Crippen LogP contribution in [0.3, 0.4) is 0 Å². The summed E-state index contributed by atoms with van der Waals surface area (Å²) in [5, 5.41) is 1.60. The van der Waals surface area contributed by atoms with Crippen molar-refractivity contribution in [3.8, 4) is 0 Å². The number of aliphatic imine (C=N–C) groups is 1. The molecule has 0 saturated heterocycles. The molecule has 2 aromatic heterocycles. The van der Waals surface area contributed by atoms with Gasteiger partial charge in [0.1, 0.15) is 5.82 Å². The average molecular weight is 300 g/mol. The molecule has 0 spiro atoms. The number of allylic oxidation sites excluding steroid dienone is 1. The highest BCUT2D eigenvalue weighted by molar-refractivity contribution is 6.31. The maximum absolute atomic E-state index is 6.05. The molecule has 3 N–H and O–H groups in total. The third-order valence-corrected chi connectivity index (χ3v) is 3.36. The van der Waals surface area contributed by atoms with Gasteiger partial charge in [0.15, 0.2) is 0 Å². The molecule has 3 rings (SSSR count). The van der Waals surface area contributed by atoms with Gasteiger partial charge in [-0.3, -0.25) is 9.98 Å². The lowest BCUT2D eigenvalue weighted by Crippen LogP contribution is -1.88. The van der Waals surface area contributed by atoms with E-state index in [1.165, 1.54) is 6.20 Å². The second-order valence-corrected chi connectivity index (χ2v) is 5.18. The summed E-state index contributed by atoms with van der Waals surface area (Å²) < 4.78 is 0. The molecule has 0 aliphatic heterocycles. The zero-order valence-electron chi connectivity index (χ0n) is 11.5. The van der Waals surface area contributed by atoms with Gasteiger partial charge in [-0.2, -0.15) is 0 Å². The Labute approximate surface area is 126 Å². The highest BCUT2D eigenvalue weighted by Gasteiger charge is 2.07. The number of nitrogens with zero attached hydrogens (tertiary/aromatic N) is 3. The van der Waals surface area contributed by atoms with Crippen LogP contribution in [0, 0.1) is 0 Å². The van der Waals surface area contributed by atoms with Crippen LogP contribution in [-0.2, 0) is 6.54 Å². The number of aromatic nitrogens is 3. The first kappa shape index (κ1) is 13.6. The van der Waals surface area contributed by atoms with Crippen molar-refractivity contribution in [2.24, 2.45) is 10.7 Å². The number of rotatable bonds is 3. The Kier molecular flexibility index (Phi) is 3.58. The molecular formula is C15H14ClN5. The normalized spacial score (nSPS) is 12.8. The van der Waals surface area contributed by atoms with Crippen molar-refractivity contribution in [1.29, 1.82) is 0 Å². The van der Waals surface area contributed by atoms with Crippen molar-refractivity contribution in [1.82, 2.24) is 15.0 Å². The summed E-state index contributed by atoms with van der Waals surface area (Å²) in [6, 6.07) is 5.59. The second kappa shape index (κ2) is 5.54. The summed E-state index contributed by atoms with van der Waals surface area (Å²) in [7, 11) is 0. The molecule has 1 aromatic carbocycles. The molecule has 0 amide bonds. The second-order valence-electron chi connectivity index (χ2n) is 4.75. The summed E-state index contributed by atoms with van der Waals surface area (Å²) in [4.78, 5) is 16.5. The summed E-state index contributed by atoms with van der Waals surface area (Å²) in [6.07, 6.45) is 5.01. The predicted molar refractivity (Wildman–Crippen MR) is 86.5 cm³/mol. The van der Waals surface area contributed by atoms with E-state index in [-0.39, 0.29) is 0 Å². The van der Waals surface area contributed by atoms with E-state index in [0.717, 1.165) is 33.3 Å². The molecule has 2 heterocycles. The van der Waals surface area contributed by atoms with Crippen LogP contribution in [0.15, 0.2) is 41.2 Å². The molecule has 0 aliphatic carbocycles. The number of pyridine rings is 1. The number of fused-ring (bicyclic) bond motifs is 3. The van der Waals surface area contributed by atoms with Gasteiger partial charge in [0.25, 0.3) is 0 Å². The molecule has 0 aliphatic rings. The Balaban J connectivity index is 2.01. The van der Waals surface area contributed by atoms with Crippen LogP contribution in [-0.4, -0.2) is 21.2 Å². The third-order valence-electron chi connectivity index (χ3n) is 3.13. The summed E-state index contributed by atoms with van der Waals surface area (Å²) in [5.74, 6) is 0.778. The zero-order chi connectivity index (χ0) is 14.8. The van der Waals surface area contributed by atoms with E-state index < -0.39 is 0 Å². The van der Waals surface area contributed by atoms with E-state index in [1.807, 2.05) is 25.1 Å². The predicted octanol–water partition coefficient (Wildman–Crippen LogP) is 3.20. The fraction of sp³-hybridized carbons (Fsp3) is 0.133. The van der Waals surface area contributed by atoms with Crippen LogP contribution in [0.25, 0.3) is 21.9 Å². The van der Waals surface area contributed by atoms with E-state index in [4.69, 9.17) is 17.3 Å². The number of nitrogens with one attached hydrogen (secondary N) is 1. The topological polar surface area (TPSA) is 80.0 Å². The summed E-state index contributed by atoms with van der Waals surface area (Å²) in [5.41, 5.74) is 8.91. The molecule has 21 heavy (non-hydrogen) atoms. The van der Waals surface area contributed by atoms with Gasteiger partial charge >= 0.3 is 0 Å². The number of halogens is 1. The average Bonchev–Trinajstić information content (AvgIpc) is 2.90. The van der Waals surface area contributed by atoms with Crippen molar-refractivity contribution < 1.29 is 0 Å². The van der Waals surface area contributed by atoms with Crippen molar-refractivity contribution in [2.45, 2.75) is 13.5 Å². The maximum atomic E-state index is 6.05. The maximum Gasteiger partial charge on any atom is 0.129 e. The molecular weight excluding hydrogens is 286 g/mol. The molecule has 0 fully saturated rings. The molecule has 0 unspecified atom stereocenters. The standard InChI is InChI=1S/C15H14ClN5/c1-9(5-17)6-18-8-14-20-13-7-19-12-3-2-10(16)4-11(12)15(13)21-14/h2-7H,8,17H2,1H3,(H,20,21). The monoisotopic (exact) mass is 299 g/mol. The number of imidazole rings is 1. The van der Waals surface area contributed by atoms with Crippen LogP contribution < -0.4 is 5.73 Å². The Bertz CT molecular complexity index is 863. The van der Waals surface area contributed by atoms with Crippen molar-refractivity contribution >= 4 is 39.8 Å². The quantitative estimate of drug-likeness (QED) is 0.729. The molecule has 0 saturated carbocycles. The summed E-state index contributed by atoms with van der Waals surface area (Å²) >= 11 is 6.05. The van der Waals surface area contributed by atoms with E-state index in [1.54, 1.807) is 12.4 Å². The first-order valence-corrected chi connectivity index (χ1v) is 6.86. The van der Waals surface area contributed by atoms with Gasteiger partial charge in [0.2, 0.25) is 0 Å². The first-order chi connectivity index (χ1) is 10.2. The number of H-pyrrole nitrogens is 1. The number of hydrogen-bond donors (Lipinski definition) is 2. The summed E-state index contributed by atoms with van der Waals surface area (Å²) in [6.45, 7) is 2.35. The smallest absolute Gasteiger partial charge is 0.129 e. The molecule has 0 radical (unpaired) electrons. The Morgan fingerprint density at radius 1 is 1.48 bits per heavy atom. The van der Waals surface area contributed by atoms with Crippen molar-refractivity contribution in [2.75, 3.05) is 0 Å². The molecule has 3 aromatic rings. The van der Waals surface area contributed by atoms with Crippen molar-refractivity contribution in [3.05, 3.63) is 47.0 Å². The number of hydrogen-bond acceptors (Lipinski definition) is 4. The fourth-order valence-corrected chi connectivity index (χ4v) is 2.25. The molecule has 106 valence electrons. The van der Waals surface area contributed by atoms with Gasteiger partial charge in [-0.15, -0.1) is 0 Å². The molecule has 6 heteroatoms. The third kappa shape index (κ3) is 2.73. The van der Waals surface area contributed by atoms with Crippen LogP contribution >= 0.6 is 11.6 Å². The van der Waals surface area contributed by atoms with Gasteiger partial charge in [-0.05, 0) is 36.9 Å². The van der Waals surface area contributed by atoms with Crippen LogP contribution in [0.1, 0.15) is 12.7 Å². The minimum absolute atomic E-state index is 0.460. The lowest BCUT2D eigenvalue weighted by molar-refractivity contribution is 0.963. The van der Waals surface area contributed by atoms with Crippen molar-refractivity contribution in [3.63, 3.8) is 0 Å². The lowest BCUT2D eigenvalue weighted by Gasteiger charge is -1.97. The Hall–Kier alpha value is -2.40. The highest BCUT2D eigenvalue weighted by atomic mass is 35.5. The van der Waals surface area contributed by atoms with E-state index >= 15 is 0 Å². The number of benzene rings is 1. The SMILES string of the molecule is CC(C=NCc1nc2c(cnc3ccc(Cl)cc32)[nH]1)=CN. The van der Waals surface area contributed by atoms with Gasteiger partial charge in [0.05, 0.1) is 29.3 Å². The zero-order valence-corrected chi connectivity index (χ0v) is 12.2. The largest absolute Gasteiger partial charge is 0.404 e. The van der Waals surface area contributed by atoms with E-state index in [9.17, 15) is 0 Å². The van der Waals surface area contributed by atoms with Gasteiger partial charge in [-0.1, -0.05) is 11.6 Å². The van der Waals surface area contributed by atoms with Gasteiger partial charge in [0, 0.05) is 16.6 Å². The number of aromatic amines is 1. The number of nitrogens with two attached hydrogens (primary N) is 1. The van der Waals surface area contributed by atoms with E-state index in [0.29, 0.717) is 11.6 Å². The first-order valence-electron chi connectivity index (χ1n) is 6.48. The fourth-order valence-electron chi connectivity index (χ4n) is 2.08. The van der Waals surface area contributed by atoms with Crippen LogP contribution in [0.2, 0.25) is 5.02 Å². The van der Waals surface area contributed by atoms with Gasteiger partial charge in [-0.25, -0.2) is 4.98 Å². The Morgan fingerprint density at radius 3 is 3.14 bits per heavy atom. The molecule has 0 atom stereocenters. The van der Waals surface area contributed by atoms with Crippen LogP contribution in [0.4, 0.5) is 0 Å². The van der Waals surface area contributed by atoms with Gasteiger partial charge < -0.3 is 10.7 Å². The van der Waals surface area contributed by atoms with Crippen LogP contribution in [0.5, 0.6) is 0 Å². The minimum atomic E-state index is 0.460. The van der Waals surface area contributed by atoms with E-state index in [2.05, 4.69) is 19.9 Å². The highest BCUT2D eigenvalue weighted by Crippen LogP contribution is 2.24. The molecule has 5 nitrogen and oxygen atoms in total. The Morgan fingerprint density at radius 2 is 2.33 bits per heavy atom. The molecule has 0 bridgehead atoms. The minimum Gasteiger partial charge on any atom is -0.404 e. The lowest BCUT2D eigenvalue weighted by atomic mass is 10.2.